The van der Waals surface area contributed by atoms with Crippen molar-refractivity contribution in [2.45, 2.75) is 25.4 Å². The summed E-state index contributed by atoms with van der Waals surface area (Å²) in [6.07, 6.45) is 0.421. The summed E-state index contributed by atoms with van der Waals surface area (Å²) in [7, 11) is 0. The predicted octanol–water partition coefficient (Wildman–Crippen LogP) is -1.07. The van der Waals surface area contributed by atoms with Gasteiger partial charge in [-0.15, -0.1) is 0 Å². The maximum absolute atomic E-state index is 11.1. The number of carbonyl (C=O) groups is 1. The highest BCUT2D eigenvalue weighted by Gasteiger charge is 2.29. The molecule has 0 saturated carbocycles. The maximum atomic E-state index is 11.1. The number of amides is 1. The normalized spacial score (nSPS) is 27.7. The van der Waals surface area contributed by atoms with E-state index in [1.165, 1.54) is 0 Å². The van der Waals surface area contributed by atoms with Crippen molar-refractivity contribution in [1.29, 1.82) is 0 Å². The molecule has 0 aromatic carbocycles. The van der Waals surface area contributed by atoms with E-state index in [1.807, 2.05) is 6.92 Å². The van der Waals surface area contributed by atoms with Crippen LogP contribution in [0.5, 0.6) is 0 Å². The van der Waals surface area contributed by atoms with Crippen LogP contribution in [0.1, 0.15) is 13.3 Å². The minimum absolute atomic E-state index is 0.0124. The van der Waals surface area contributed by atoms with Gasteiger partial charge in [-0.3, -0.25) is 4.79 Å². The quantitative estimate of drug-likeness (QED) is 0.537. The Bertz CT molecular complexity index is 161. The van der Waals surface area contributed by atoms with Crippen molar-refractivity contribution in [1.82, 2.24) is 4.90 Å². The van der Waals surface area contributed by atoms with Gasteiger partial charge in [0.1, 0.15) is 0 Å². The Morgan fingerprint density at radius 2 is 2.55 bits per heavy atom. The third-order valence-corrected chi connectivity index (χ3v) is 1.98. The highest BCUT2D eigenvalue weighted by atomic mass is 16.3. The average Bonchev–Trinajstić information content (AvgIpc) is 2.28. The van der Waals surface area contributed by atoms with Crippen LogP contribution in [0.3, 0.4) is 0 Å². The van der Waals surface area contributed by atoms with Crippen molar-refractivity contribution in [3.05, 3.63) is 0 Å². The van der Waals surface area contributed by atoms with Crippen LogP contribution in [0.2, 0.25) is 0 Å². The lowest BCUT2D eigenvalue weighted by atomic mass is 10.3. The molecule has 0 radical (unpaired) electrons. The van der Waals surface area contributed by atoms with Gasteiger partial charge in [-0.05, 0) is 6.92 Å². The molecule has 1 saturated heterocycles. The van der Waals surface area contributed by atoms with Gasteiger partial charge in [-0.1, -0.05) is 0 Å². The van der Waals surface area contributed by atoms with Crippen LogP contribution in [-0.2, 0) is 4.79 Å². The zero-order valence-corrected chi connectivity index (χ0v) is 6.66. The first-order chi connectivity index (χ1) is 5.15. The molecule has 1 heterocycles. The maximum Gasteiger partial charge on any atom is 0.224 e. The molecule has 0 bridgehead atoms. The molecule has 4 heteroatoms. The molecule has 0 aliphatic carbocycles. The van der Waals surface area contributed by atoms with E-state index in [9.17, 15) is 4.79 Å². The van der Waals surface area contributed by atoms with Crippen LogP contribution in [0, 0.1) is 0 Å². The SMILES string of the molecule is C[C@H](CO)N1CC(N)CC1=O. The Balaban J connectivity index is 2.52. The summed E-state index contributed by atoms with van der Waals surface area (Å²) in [6, 6.07) is -0.132. The van der Waals surface area contributed by atoms with Gasteiger partial charge in [0.15, 0.2) is 0 Å². The molecule has 1 amide bonds. The second-order valence-electron chi connectivity index (χ2n) is 3.04. The molecule has 1 rings (SSSR count). The number of aliphatic hydroxyl groups excluding tert-OH is 1. The second-order valence-corrected chi connectivity index (χ2v) is 3.04. The fourth-order valence-electron chi connectivity index (χ4n) is 1.28. The Labute approximate surface area is 66.0 Å². The Morgan fingerprint density at radius 1 is 1.91 bits per heavy atom. The lowest BCUT2D eigenvalue weighted by Crippen LogP contribution is -2.38. The van der Waals surface area contributed by atoms with Gasteiger partial charge in [0.25, 0.3) is 0 Å². The van der Waals surface area contributed by atoms with Gasteiger partial charge in [-0.25, -0.2) is 0 Å². The van der Waals surface area contributed by atoms with Gasteiger partial charge in [-0.2, -0.15) is 0 Å². The first kappa shape index (κ1) is 8.49. The van der Waals surface area contributed by atoms with E-state index in [4.69, 9.17) is 10.8 Å². The smallest absolute Gasteiger partial charge is 0.224 e. The number of carbonyl (C=O) groups excluding carboxylic acids is 1. The molecule has 11 heavy (non-hydrogen) atoms. The van der Waals surface area contributed by atoms with E-state index in [2.05, 4.69) is 0 Å². The molecule has 0 aromatic heterocycles. The van der Waals surface area contributed by atoms with E-state index >= 15 is 0 Å². The molecule has 4 nitrogen and oxygen atoms in total. The molecule has 1 unspecified atom stereocenters. The summed E-state index contributed by atoms with van der Waals surface area (Å²) in [5, 5.41) is 8.76. The molecule has 2 atom stereocenters. The molecule has 0 aromatic rings. The van der Waals surface area contributed by atoms with Gasteiger partial charge < -0.3 is 15.7 Å². The topological polar surface area (TPSA) is 66.6 Å². The van der Waals surface area contributed by atoms with E-state index < -0.39 is 0 Å². The third kappa shape index (κ3) is 1.70. The van der Waals surface area contributed by atoms with Crippen molar-refractivity contribution in [2.75, 3.05) is 13.2 Å². The van der Waals surface area contributed by atoms with Gasteiger partial charge in [0, 0.05) is 19.0 Å². The fraction of sp³-hybridized carbons (Fsp3) is 0.857. The molecule has 64 valence electrons. The Kier molecular flexibility index (Phi) is 2.46. The van der Waals surface area contributed by atoms with Crippen molar-refractivity contribution >= 4 is 5.91 Å². The van der Waals surface area contributed by atoms with Gasteiger partial charge in [0.05, 0.1) is 12.6 Å². The minimum Gasteiger partial charge on any atom is -0.394 e. The highest BCUT2D eigenvalue weighted by molar-refractivity contribution is 5.79. The highest BCUT2D eigenvalue weighted by Crippen LogP contribution is 2.11. The molecule has 0 spiro atoms. The predicted molar refractivity (Wildman–Crippen MR) is 40.9 cm³/mol. The van der Waals surface area contributed by atoms with Crippen molar-refractivity contribution in [2.24, 2.45) is 5.73 Å². The van der Waals surface area contributed by atoms with Crippen molar-refractivity contribution in [3.8, 4) is 0 Å². The number of likely N-dealkylation sites (tertiary alicyclic amines) is 1. The van der Waals surface area contributed by atoms with Crippen LogP contribution in [0.4, 0.5) is 0 Å². The monoisotopic (exact) mass is 158 g/mol. The average molecular weight is 158 g/mol. The van der Waals surface area contributed by atoms with E-state index in [0.717, 1.165) is 0 Å². The number of nitrogens with zero attached hydrogens (tertiary/aromatic N) is 1. The largest absolute Gasteiger partial charge is 0.394 e. The van der Waals surface area contributed by atoms with Crippen LogP contribution in [-0.4, -0.2) is 41.1 Å². The molecular formula is C7H14N2O2. The first-order valence-electron chi connectivity index (χ1n) is 3.81. The van der Waals surface area contributed by atoms with Crippen molar-refractivity contribution in [3.63, 3.8) is 0 Å². The summed E-state index contributed by atoms with van der Waals surface area (Å²) in [6.45, 7) is 2.41. The van der Waals surface area contributed by atoms with E-state index in [1.54, 1.807) is 4.90 Å². The number of hydrogen-bond acceptors (Lipinski definition) is 3. The number of rotatable bonds is 2. The fourth-order valence-corrected chi connectivity index (χ4v) is 1.28. The molecule has 1 fully saturated rings. The minimum atomic E-state index is -0.0870. The molecular weight excluding hydrogens is 144 g/mol. The summed E-state index contributed by atoms with van der Waals surface area (Å²) < 4.78 is 0. The third-order valence-electron chi connectivity index (χ3n) is 1.98. The Hall–Kier alpha value is -0.610. The van der Waals surface area contributed by atoms with Gasteiger partial charge >= 0.3 is 0 Å². The number of nitrogens with two attached hydrogens (primary N) is 1. The van der Waals surface area contributed by atoms with Gasteiger partial charge in [0.2, 0.25) is 5.91 Å². The van der Waals surface area contributed by atoms with Crippen molar-refractivity contribution < 1.29 is 9.90 Å². The second kappa shape index (κ2) is 3.19. The van der Waals surface area contributed by atoms with Crippen LogP contribution >= 0.6 is 0 Å². The number of aliphatic hydroxyl groups is 1. The zero-order chi connectivity index (χ0) is 8.43. The van der Waals surface area contributed by atoms with Crippen LogP contribution < -0.4 is 5.73 Å². The number of hydrogen-bond donors (Lipinski definition) is 2. The van der Waals surface area contributed by atoms with Crippen LogP contribution in [0.25, 0.3) is 0 Å². The molecule has 1 aliphatic heterocycles. The van der Waals surface area contributed by atoms with E-state index in [0.29, 0.717) is 13.0 Å². The standard InChI is InChI=1S/C7H14N2O2/c1-5(4-10)9-3-6(8)2-7(9)11/h5-6,10H,2-4,8H2,1H3/t5-,6?/m1/s1. The first-order valence-corrected chi connectivity index (χ1v) is 3.81. The zero-order valence-electron chi connectivity index (χ0n) is 6.66. The lowest BCUT2D eigenvalue weighted by Gasteiger charge is -2.22. The lowest BCUT2D eigenvalue weighted by molar-refractivity contribution is -0.130. The summed E-state index contributed by atoms with van der Waals surface area (Å²) in [5.74, 6) is 0.0547. The summed E-state index contributed by atoms with van der Waals surface area (Å²) in [5.41, 5.74) is 5.56. The Morgan fingerprint density at radius 3 is 2.91 bits per heavy atom. The summed E-state index contributed by atoms with van der Waals surface area (Å²) in [4.78, 5) is 12.7. The van der Waals surface area contributed by atoms with E-state index in [-0.39, 0.29) is 24.6 Å². The van der Waals surface area contributed by atoms with Crippen LogP contribution in [0.15, 0.2) is 0 Å². The molecule has 1 aliphatic rings. The summed E-state index contributed by atoms with van der Waals surface area (Å²) >= 11 is 0. The molecule has 3 N–H and O–H groups in total.